The maximum Gasteiger partial charge on any atom is 0.0971 e. The van der Waals surface area contributed by atoms with Gasteiger partial charge in [-0.3, -0.25) is 4.90 Å². The van der Waals surface area contributed by atoms with Crippen molar-refractivity contribution in [3.05, 3.63) is 0 Å². The van der Waals surface area contributed by atoms with Gasteiger partial charge in [-0.25, -0.2) is 0 Å². The lowest BCUT2D eigenvalue weighted by atomic mass is 9.88. The number of rotatable bonds is 3. The fraction of sp³-hybridized carbons (Fsp3) is 1.00. The van der Waals surface area contributed by atoms with Crippen molar-refractivity contribution in [2.75, 3.05) is 27.3 Å². The molecular formula is C13H25NO3. The maximum absolute atomic E-state index is 10.4. The number of aliphatic hydroxyl groups excluding tert-OH is 1. The van der Waals surface area contributed by atoms with Gasteiger partial charge in [0.15, 0.2) is 0 Å². The second kappa shape index (κ2) is 4.84. The summed E-state index contributed by atoms with van der Waals surface area (Å²) in [7, 11) is 3.46. The summed E-state index contributed by atoms with van der Waals surface area (Å²) in [5.41, 5.74) is 0.0401. The van der Waals surface area contributed by atoms with Crippen LogP contribution in [-0.4, -0.2) is 61.7 Å². The molecule has 2 aliphatic rings. The molecule has 1 aliphatic carbocycles. The highest BCUT2D eigenvalue weighted by molar-refractivity contribution is 5.00. The number of nitrogens with zero attached hydrogens (tertiary/aromatic N) is 1. The van der Waals surface area contributed by atoms with E-state index in [1.807, 2.05) is 0 Å². The Morgan fingerprint density at radius 2 is 1.65 bits per heavy atom. The van der Waals surface area contributed by atoms with E-state index in [0.717, 1.165) is 25.9 Å². The van der Waals surface area contributed by atoms with Gasteiger partial charge >= 0.3 is 0 Å². The normalized spacial score (nSPS) is 42.2. The fourth-order valence-corrected chi connectivity index (χ4v) is 3.22. The largest absolute Gasteiger partial charge is 0.391 e. The summed E-state index contributed by atoms with van der Waals surface area (Å²) in [5, 5.41) is 10.4. The van der Waals surface area contributed by atoms with Crippen molar-refractivity contribution in [2.45, 2.75) is 51.0 Å². The smallest absolute Gasteiger partial charge is 0.0971 e. The van der Waals surface area contributed by atoms with Gasteiger partial charge in [0.05, 0.1) is 18.3 Å². The molecule has 17 heavy (non-hydrogen) atoms. The third kappa shape index (κ3) is 2.36. The van der Waals surface area contributed by atoms with Crippen LogP contribution in [0.4, 0.5) is 0 Å². The predicted octanol–water partition coefficient (Wildman–Crippen LogP) is 0.881. The minimum atomic E-state index is -0.240. The summed E-state index contributed by atoms with van der Waals surface area (Å²) in [6.07, 6.45) is 2.19. The average Bonchev–Trinajstić information content (AvgIpc) is 2.82. The molecule has 2 fully saturated rings. The van der Waals surface area contributed by atoms with E-state index in [0.29, 0.717) is 0 Å². The van der Waals surface area contributed by atoms with Gasteiger partial charge in [0.2, 0.25) is 0 Å². The van der Waals surface area contributed by atoms with Crippen molar-refractivity contribution >= 4 is 0 Å². The van der Waals surface area contributed by atoms with E-state index in [4.69, 9.17) is 9.47 Å². The lowest BCUT2D eigenvalue weighted by Crippen LogP contribution is -2.43. The molecule has 0 aromatic carbocycles. The number of hydrogen-bond acceptors (Lipinski definition) is 4. The number of likely N-dealkylation sites (tertiary alicyclic amines) is 1. The standard InChI is InChI=1S/C13H25NO3/c1-13(2)6-5-9(12(13)15)14-7-10(16-3)11(8-14)17-4/h9-12,15H,5-8H2,1-4H3. The first-order valence-electron chi connectivity index (χ1n) is 6.47. The Kier molecular flexibility index (Phi) is 3.78. The molecule has 4 heteroatoms. The minimum absolute atomic E-state index is 0.0401. The van der Waals surface area contributed by atoms with Gasteiger partial charge in [0.1, 0.15) is 0 Å². The molecule has 0 aromatic rings. The van der Waals surface area contributed by atoms with Crippen molar-refractivity contribution in [2.24, 2.45) is 5.41 Å². The quantitative estimate of drug-likeness (QED) is 0.799. The lowest BCUT2D eigenvalue weighted by Gasteiger charge is -2.31. The van der Waals surface area contributed by atoms with Gasteiger partial charge in [0.25, 0.3) is 0 Å². The Bertz CT molecular complexity index is 257. The molecule has 1 aliphatic heterocycles. The first-order valence-corrected chi connectivity index (χ1v) is 6.47. The van der Waals surface area contributed by atoms with Crippen LogP contribution in [0.15, 0.2) is 0 Å². The van der Waals surface area contributed by atoms with Gasteiger partial charge in [-0.2, -0.15) is 0 Å². The highest BCUT2D eigenvalue weighted by Gasteiger charge is 2.47. The van der Waals surface area contributed by atoms with Crippen LogP contribution in [0.25, 0.3) is 0 Å². The van der Waals surface area contributed by atoms with Crippen molar-refractivity contribution < 1.29 is 14.6 Å². The summed E-state index contributed by atoms with van der Waals surface area (Å²) in [6, 6.07) is 0.266. The second-order valence-electron chi connectivity index (χ2n) is 6.04. The van der Waals surface area contributed by atoms with E-state index in [-0.39, 0.29) is 29.8 Å². The zero-order chi connectivity index (χ0) is 12.6. The molecule has 0 spiro atoms. The average molecular weight is 243 g/mol. The summed E-state index contributed by atoms with van der Waals surface area (Å²) in [4.78, 5) is 2.34. The van der Waals surface area contributed by atoms with Crippen LogP contribution in [0.5, 0.6) is 0 Å². The summed E-state index contributed by atoms with van der Waals surface area (Å²) in [6.45, 7) is 6.03. The van der Waals surface area contributed by atoms with Crippen LogP contribution >= 0.6 is 0 Å². The number of ether oxygens (including phenoxy) is 2. The number of hydrogen-bond donors (Lipinski definition) is 1. The molecule has 1 saturated carbocycles. The van der Waals surface area contributed by atoms with Crippen LogP contribution in [0, 0.1) is 5.41 Å². The Hall–Kier alpha value is -0.160. The summed E-state index contributed by atoms with van der Waals surface area (Å²) in [5.74, 6) is 0. The lowest BCUT2D eigenvalue weighted by molar-refractivity contribution is -0.00461. The SMILES string of the molecule is COC1CN(C2CCC(C)(C)C2O)CC1OC. The van der Waals surface area contributed by atoms with E-state index >= 15 is 0 Å². The molecule has 1 heterocycles. The maximum atomic E-state index is 10.4. The van der Waals surface area contributed by atoms with Gasteiger partial charge in [0, 0.05) is 33.4 Å². The first kappa shape index (κ1) is 13.3. The first-order chi connectivity index (χ1) is 7.99. The topological polar surface area (TPSA) is 41.9 Å². The van der Waals surface area contributed by atoms with Gasteiger partial charge in [-0.15, -0.1) is 0 Å². The van der Waals surface area contributed by atoms with E-state index < -0.39 is 0 Å². The van der Waals surface area contributed by atoms with Crippen molar-refractivity contribution in [3.8, 4) is 0 Å². The Labute approximate surface area is 104 Å². The molecule has 2 rings (SSSR count). The molecule has 100 valence electrons. The van der Waals surface area contributed by atoms with Crippen LogP contribution in [0.1, 0.15) is 26.7 Å². The Morgan fingerprint density at radius 1 is 1.12 bits per heavy atom. The molecule has 0 amide bonds. The predicted molar refractivity (Wildman–Crippen MR) is 66.0 cm³/mol. The van der Waals surface area contributed by atoms with Crippen molar-refractivity contribution in [1.29, 1.82) is 0 Å². The molecule has 1 N–H and O–H groups in total. The zero-order valence-corrected chi connectivity index (χ0v) is 11.3. The second-order valence-corrected chi connectivity index (χ2v) is 6.04. The summed E-state index contributed by atoms with van der Waals surface area (Å²) < 4.78 is 10.9. The molecule has 1 saturated heterocycles. The van der Waals surface area contributed by atoms with Crippen LogP contribution in [0.3, 0.4) is 0 Å². The van der Waals surface area contributed by atoms with E-state index in [1.54, 1.807) is 14.2 Å². The Morgan fingerprint density at radius 3 is 2.00 bits per heavy atom. The molecule has 0 aromatic heterocycles. The third-order valence-corrected chi connectivity index (χ3v) is 4.57. The van der Waals surface area contributed by atoms with E-state index in [9.17, 15) is 5.11 Å². The highest BCUT2D eigenvalue weighted by atomic mass is 16.5. The van der Waals surface area contributed by atoms with Gasteiger partial charge in [-0.05, 0) is 18.3 Å². The fourth-order valence-electron chi connectivity index (χ4n) is 3.22. The van der Waals surface area contributed by atoms with Crippen LogP contribution < -0.4 is 0 Å². The van der Waals surface area contributed by atoms with E-state index in [2.05, 4.69) is 18.7 Å². The van der Waals surface area contributed by atoms with Gasteiger partial charge < -0.3 is 14.6 Å². The van der Waals surface area contributed by atoms with Crippen molar-refractivity contribution in [3.63, 3.8) is 0 Å². The monoisotopic (exact) mass is 243 g/mol. The minimum Gasteiger partial charge on any atom is -0.391 e. The number of methoxy groups -OCH3 is 2. The van der Waals surface area contributed by atoms with E-state index in [1.165, 1.54) is 0 Å². The molecule has 4 nitrogen and oxygen atoms in total. The van der Waals surface area contributed by atoms with Crippen LogP contribution in [0.2, 0.25) is 0 Å². The number of aliphatic hydroxyl groups is 1. The molecule has 4 unspecified atom stereocenters. The van der Waals surface area contributed by atoms with Crippen molar-refractivity contribution in [1.82, 2.24) is 4.90 Å². The zero-order valence-electron chi connectivity index (χ0n) is 11.3. The van der Waals surface area contributed by atoms with Crippen LogP contribution in [-0.2, 0) is 9.47 Å². The molecular weight excluding hydrogens is 218 g/mol. The molecule has 0 radical (unpaired) electrons. The van der Waals surface area contributed by atoms with Gasteiger partial charge in [-0.1, -0.05) is 13.8 Å². The Balaban J connectivity index is 2.01. The highest BCUT2D eigenvalue weighted by Crippen LogP contribution is 2.40. The molecule has 4 atom stereocenters. The molecule has 0 bridgehead atoms. The third-order valence-electron chi connectivity index (χ3n) is 4.57. The summed E-state index contributed by atoms with van der Waals surface area (Å²) >= 11 is 0.